The number of rotatable bonds is 3. The van der Waals surface area contributed by atoms with Gasteiger partial charge >= 0.3 is 5.97 Å². The van der Waals surface area contributed by atoms with E-state index in [9.17, 15) is 30.3 Å². The number of phenolic OH excluding ortho intramolecular Hbond substituents is 1. The first-order valence-electron chi connectivity index (χ1n) is 11.5. The van der Waals surface area contributed by atoms with Crippen LogP contribution in [0.4, 0.5) is 0 Å². The normalized spacial score (nSPS) is 45.9. The first-order valence-corrected chi connectivity index (χ1v) is 11.5. The van der Waals surface area contributed by atoms with Crippen LogP contribution in [0.15, 0.2) is 12.1 Å². The number of carboxylic acids is 1. The van der Waals surface area contributed by atoms with Crippen LogP contribution in [-0.4, -0.2) is 98.9 Å². The Labute approximate surface area is 190 Å². The van der Waals surface area contributed by atoms with Crippen molar-refractivity contribution >= 4 is 5.97 Å². The van der Waals surface area contributed by atoms with Gasteiger partial charge in [-0.2, -0.15) is 0 Å². The number of aliphatic carboxylic acids is 1. The standard InChI is InChI=1S/C23H29NO9/c1-24-7-6-23-10-3-5-13(31-22-17(28)15(26)16(27)19(33-22)21(29)30)20(23)32-18-12(25)4-2-9(14(18)23)8-11(10)24/h2,4,10-11,13,15-17,19-20,22,25-28H,3,5-8H2,1H3,(H,29,30)/t10-,11+,13+,15+,16+,17-,19+,20-,22-,23-/m0/s1. The number of likely N-dealkylation sites (tertiary alicyclic amines) is 1. The van der Waals surface area contributed by atoms with E-state index in [0.717, 1.165) is 36.9 Å². The molecule has 1 spiro atoms. The summed E-state index contributed by atoms with van der Waals surface area (Å²) in [6, 6.07) is 3.98. The minimum absolute atomic E-state index is 0.0887. The maximum Gasteiger partial charge on any atom is 0.335 e. The minimum Gasteiger partial charge on any atom is -0.504 e. The highest BCUT2D eigenvalue weighted by atomic mass is 16.7. The quantitative estimate of drug-likeness (QED) is 0.391. The lowest BCUT2D eigenvalue weighted by atomic mass is 9.51. The third-order valence-corrected chi connectivity index (χ3v) is 8.66. The average molecular weight is 463 g/mol. The van der Waals surface area contributed by atoms with Crippen molar-refractivity contribution in [1.82, 2.24) is 4.90 Å². The molecule has 0 amide bonds. The lowest BCUT2D eigenvalue weighted by molar-refractivity contribution is -0.315. The Morgan fingerprint density at radius 1 is 1.18 bits per heavy atom. The summed E-state index contributed by atoms with van der Waals surface area (Å²) in [5.41, 5.74) is 1.86. The third-order valence-electron chi connectivity index (χ3n) is 8.66. The van der Waals surface area contributed by atoms with E-state index in [1.54, 1.807) is 6.07 Å². The molecule has 2 bridgehead atoms. The van der Waals surface area contributed by atoms with Gasteiger partial charge in [0.25, 0.3) is 0 Å². The SMILES string of the molecule is CN1CC[C@]23c4c5ccc(O)c4O[C@H]2[C@H](O[C@H]2O[C@@H](C(=O)O)[C@H](O)[C@@H](O)[C@@H]2O)CC[C@H]3[C@H]1C5. The number of aliphatic hydroxyl groups excluding tert-OH is 3. The van der Waals surface area contributed by atoms with Gasteiger partial charge in [0.05, 0.1) is 6.10 Å². The maximum atomic E-state index is 11.5. The van der Waals surface area contributed by atoms with E-state index in [4.69, 9.17) is 14.2 Å². The summed E-state index contributed by atoms with van der Waals surface area (Å²) < 4.78 is 17.9. The van der Waals surface area contributed by atoms with Crippen molar-refractivity contribution < 1.29 is 44.5 Å². The van der Waals surface area contributed by atoms with Crippen LogP contribution >= 0.6 is 0 Å². The summed E-state index contributed by atoms with van der Waals surface area (Å²) in [4.78, 5) is 13.9. The van der Waals surface area contributed by atoms with Crippen LogP contribution in [0.25, 0.3) is 0 Å². The number of carboxylic acid groups (broad SMARTS) is 1. The lowest BCUT2D eigenvalue weighted by Crippen LogP contribution is -2.67. The van der Waals surface area contributed by atoms with Gasteiger partial charge in [-0.25, -0.2) is 4.79 Å². The van der Waals surface area contributed by atoms with E-state index in [2.05, 4.69) is 11.9 Å². The lowest BCUT2D eigenvalue weighted by Gasteiger charge is -2.59. The molecule has 2 aliphatic carbocycles. The van der Waals surface area contributed by atoms with Gasteiger partial charge in [0, 0.05) is 17.0 Å². The average Bonchev–Trinajstić information content (AvgIpc) is 3.14. The zero-order valence-electron chi connectivity index (χ0n) is 18.2. The number of phenols is 1. The second kappa shape index (κ2) is 7.27. The van der Waals surface area contributed by atoms with Crippen LogP contribution in [0.1, 0.15) is 30.4 Å². The number of hydrogen-bond donors (Lipinski definition) is 5. The van der Waals surface area contributed by atoms with Crippen molar-refractivity contribution in [1.29, 1.82) is 0 Å². The predicted octanol–water partition coefficient (Wildman–Crippen LogP) is -0.661. The van der Waals surface area contributed by atoms with E-state index in [-0.39, 0.29) is 11.2 Å². The van der Waals surface area contributed by atoms with Crippen LogP contribution in [-0.2, 0) is 26.1 Å². The fourth-order valence-corrected chi connectivity index (χ4v) is 7.17. The first kappa shape index (κ1) is 21.6. The molecule has 5 N–H and O–H groups in total. The van der Waals surface area contributed by atoms with Crippen LogP contribution in [0.5, 0.6) is 11.5 Å². The molecule has 0 radical (unpaired) electrons. The van der Waals surface area contributed by atoms with Gasteiger partial charge in [-0.3, -0.25) is 0 Å². The summed E-state index contributed by atoms with van der Waals surface area (Å²) >= 11 is 0. The smallest absolute Gasteiger partial charge is 0.335 e. The van der Waals surface area contributed by atoms with Gasteiger partial charge in [-0.15, -0.1) is 0 Å². The number of benzene rings is 1. The highest BCUT2D eigenvalue weighted by molar-refractivity contribution is 5.73. The molecule has 0 aromatic heterocycles. The molecular formula is C23H29NO9. The summed E-state index contributed by atoms with van der Waals surface area (Å²) in [6.45, 7) is 0.872. The molecule has 10 atom stereocenters. The molecule has 1 aromatic carbocycles. The number of aromatic hydroxyl groups is 1. The Bertz CT molecular complexity index is 987. The Morgan fingerprint density at radius 2 is 1.97 bits per heavy atom. The van der Waals surface area contributed by atoms with Crippen molar-refractivity contribution in [3.8, 4) is 11.5 Å². The molecule has 3 fully saturated rings. The number of piperidine rings is 1. The van der Waals surface area contributed by atoms with E-state index in [0.29, 0.717) is 24.1 Å². The second-order valence-electron chi connectivity index (χ2n) is 10.1. The Kier molecular flexibility index (Phi) is 4.75. The van der Waals surface area contributed by atoms with Gasteiger partial charge in [0.2, 0.25) is 0 Å². The molecule has 180 valence electrons. The van der Waals surface area contributed by atoms with E-state index < -0.39 is 48.9 Å². The molecule has 2 saturated heterocycles. The van der Waals surface area contributed by atoms with Gasteiger partial charge in [-0.05, 0) is 56.8 Å². The molecule has 0 unspecified atom stereocenters. The van der Waals surface area contributed by atoms with Crippen LogP contribution < -0.4 is 4.74 Å². The fraction of sp³-hybridized carbons (Fsp3) is 0.696. The zero-order chi connectivity index (χ0) is 23.2. The van der Waals surface area contributed by atoms with Gasteiger partial charge in [0.15, 0.2) is 23.9 Å². The van der Waals surface area contributed by atoms with E-state index in [1.165, 1.54) is 0 Å². The van der Waals surface area contributed by atoms with Crippen LogP contribution in [0.3, 0.4) is 0 Å². The highest BCUT2D eigenvalue weighted by Crippen LogP contribution is 2.64. The number of carbonyl (C=O) groups is 1. The van der Waals surface area contributed by atoms with E-state index in [1.807, 2.05) is 6.07 Å². The Hall–Kier alpha value is -1.95. The zero-order valence-corrected chi connectivity index (χ0v) is 18.2. The van der Waals surface area contributed by atoms with Crippen molar-refractivity contribution in [2.75, 3.05) is 13.6 Å². The monoisotopic (exact) mass is 463 g/mol. The molecule has 10 heteroatoms. The molecular weight excluding hydrogens is 434 g/mol. The third kappa shape index (κ3) is 2.79. The Balaban J connectivity index is 1.36. The van der Waals surface area contributed by atoms with Crippen molar-refractivity contribution in [3.05, 3.63) is 23.3 Å². The minimum atomic E-state index is -1.77. The molecule has 6 rings (SSSR count). The number of nitrogens with zero attached hydrogens (tertiary/aromatic N) is 1. The molecule has 10 nitrogen and oxygen atoms in total. The van der Waals surface area contributed by atoms with E-state index >= 15 is 0 Å². The fourth-order valence-electron chi connectivity index (χ4n) is 7.17. The maximum absolute atomic E-state index is 11.5. The first-order chi connectivity index (χ1) is 15.7. The summed E-state index contributed by atoms with van der Waals surface area (Å²) in [6.07, 6.45) is -6.12. The molecule has 3 heterocycles. The van der Waals surface area contributed by atoms with Gasteiger partial charge < -0.3 is 44.6 Å². The molecule has 1 aromatic rings. The molecule has 3 aliphatic heterocycles. The van der Waals surface area contributed by atoms with Crippen LogP contribution in [0, 0.1) is 5.92 Å². The number of ether oxygens (including phenoxy) is 3. The van der Waals surface area contributed by atoms with Crippen molar-refractivity contribution in [2.45, 2.75) is 80.1 Å². The van der Waals surface area contributed by atoms with Crippen LogP contribution in [0.2, 0.25) is 0 Å². The topological polar surface area (TPSA) is 149 Å². The van der Waals surface area contributed by atoms with Crippen molar-refractivity contribution in [2.24, 2.45) is 5.92 Å². The summed E-state index contributed by atoms with van der Waals surface area (Å²) in [7, 11) is 2.14. The van der Waals surface area contributed by atoms with Gasteiger partial charge in [0.1, 0.15) is 24.4 Å². The Morgan fingerprint density at radius 3 is 2.73 bits per heavy atom. The second-order valence-corrected chi connectivity index (χ2v) is 10.1. The summed E-state index contributed by atoms with van der Waals surface area (Å²) in [5, 5.41) is 50.6. The molecule has 33 heavy (non-hydrogen) atoms. The molecule has 5 aliphatic rings. The number of likely N-dealkylation sites (N-methyl/N-ethyl adjacent to an activating group) is 1. The van der Waals surface area contributed by atoms with Gasteiger partial charge in [-0.1, -0.05) is 6.07 Å². The molecule has 1 saturated carbocycles. The predicted molar refractivity (Wildman–Crippen MR) is 111 cm³/mol. The summed E-state index contributed by atoms with van der Waals surface area (Å²) in [5.74, 6) is -0.558. The number of hydrogen-bond acceptors (Lipinski definition) is 9. The largest absolute Gasteiger partial charge is 0.504 e. The number of aliphatic hydroxyl groups is 3. The highest BCUT2D eigenvalue weighted by Gasteiger charge is 2.66. The van der Waals surface area contributed by atoms with Crippen molar-refractivity contribution in [3.63, 3.8) is 0 Å².